The molecule has 0 aromatic heterocycles. The van der Waals surface area contributed by atoms with E-state index in [4.69, 9.17) is 0 Å². The molecule has 3 aromatic carbocycles. The average molecular weight is 458 g/mol. The van der Waals surface area contributed by atoms with Gasteiger partial charge in [-0.3, -0.25) is 9.69 Å². The smallest absolute Gasteiger partial charge is 0.262 e. The van der Waals surface area contributed by atoms with Crippen molar-refractivity contribution in [2.75, 3.05) is 10.2 Å². The molecule has 3 nitrogen and oxygen atoms in total. The summed E-state index contributed by atoms with van der Waals surface area (Å²) in [4.78, 5) is 15.0. The molecule has 0 saturated heterocycles. The van der Waals surface area contributed by atoms with Crippen LogP contribution in [0.1, 0.15) is 22.1 Å². The lowest BCUT2D eigenvalue weighted by Crippen LogP contribution is -2.43. The van der Waals surface area contributed by atoms with Crippen molar-refractivity contribution in [3.8, 4) is 0 Å². The van der Waals surface area contributed by atoms with Gasteiger partial charge in [-0.1, -0.05) is 62.2 Å². The number of rotatable bonds is 2. The van der Waals surface area contributed by atoms with E-state index in [2.05, 4.69) is 37.2 Å². The monoisotopic (exact) mass is 456 g/mol. The van der Waals surface area contributed by atoms with Crippen LogP contribution in [0.15, 0.2) is 81.7 Å². The number of carbonyl (C=O) groups excluding carboxylic acids is 1. The molecule has 1 amide bonds. The molecule has 3 aromatic rings. The molecule has 0 saturated carbocycles. The van der Waals surface area contributed by atoms with Crippen LogP contribution in [0, 0.1) is 0 Å². The van der Waals surface area contributed by atoms with Crippen molar-refractivity contribution >= 4 is 49.1 Å². The lowest BCUT2D eigenvalue weighted by Gasteiger charge is -2.38. The van der Waals surface area contributed by atoms with Crippen LogP contribution in [0.3, 0.4) is 0 Å². The number of hydrogen-bond acceptors (Lipinski definition) is 2. The Bertz CT molecular complexity index is 923. The van der Waals surface area contributed by atoms with Crippen molar-refractivity contribution in [2.45, 2.75) is 6.17 Å². The molecule has 1 heterocycles. The highest BCUT2D eigenvalue weighted by molar-refractivity contribution is 9.11. The molecule has 0 unspecified atom stereocenters. The second-order valence-corrected chi connectivity index (χ2v) is 7.64. The van der Waals surface area contributed by atoms with Crippen LogP contribution in [-0.2, 0) is 0 Å². The number of carbonyl (C=O) groups is 1. The van der Waals surface area contributed by atoms with Gasteiger partial charge in [0.05, 0.1) is 5.56 Å². The van der Waals surface area contributed by atoms with E-state index >= 15 is 0 Å². The maximum absolute atomic E-state index is 13.2. The van der Waals surface area contributed by atoms with Gasteiger partial charge in [-0.05, 0) is 48.0 Å². The van der Waals surface area contributed by atoms with Crippen LogP contribution in [0.25, 0.3) is 0 Å². The minimum atomic E-state index is -0.293. The molecule has 25 heavy (non-hydrogen) atoms. The van der Waals surface area contributed by atoms with Crippen molar-refractivity contribution in [1.82, 2.24) is 0 Å². The van der Waals surface area contributed by atoms with Gasteiger partial charge in [-0.15, -0.1) is 0 Å². The topological polar surface area (TPSA) is 32.3 Å². The first-order valence-corrected chi connectivity index (χ1v) is 9.42. The second kappa shape index (κ2) is 6.65. The molecule has 0 bridgehead atoms. The number of nitrogens with one attached hydrogen (secondary N) is 1. The maximum Gasteiger partial charge on any atom is 0.262 e. The fourth-order valence-electron chi connectivity index (χ4n) is 3.07. The largest absolute Gasteiger partial charge is 0.360 e. The molecule has 1 N–H and O–H groups in total. The number of nitrogens with zero attached hydrogens (tertiary/aromatic N) is 1. The minimum Gasteiger partial charge on any atom is -0.360 e. The second-order valence-electron chi connectivity index (χ2n) is 5.81. The summed E-state index contributed by atoms with van der Waals surface area (Å²) < 4.78 is 1.91. The van der Waals surface area contributed by atoms with Crippen molar-refractivity contribution in [2.24, 2.45) is 0 Å². The third-order valence-electron chi connectivity index (χ3n) is 4.16. The van der Waals surface area contributed by atoms with Crippen LogP contribution in [0.2, 0.25) is 0 Å². The van der Waals surface area contributed by atoms with E-state index in [9.17, 15) is 4.79 Å². The Balaban J connectivity index is 1.89. The van der Waals surface area contributed by atoms with E-state index in [0.29, 0.717) is 5.56 Å². The number of amides is 1. The molecular weight excluding hydrogens is 444 g/mol. The third kappa shape index (κ3) is 3.10. The zero-order valence-corrected chi connectivity index (χ0v) is 16.3. The van der Waals surface area contributed by atoms with Gasteiger partial charge in [-0.2, -0.15) is 0 Å². The van der Waals surface area contributed by atoms with E-state index in [0.717, 1.165) is 25.9 Å². The fraction of sp³-hybridized carbons (Fsp3) is 0.0500. The van der Waals surface area contributed by atoms with Crippen molar-refractivity contribution in [1.29, 1.82) is 0 Å². The third-order valence-corrected chi connectivity index (χ3v) is 5.08. The van der Waals surface area contributed by atoms with E-state index in [1.165, 1.54) is 0 Å². The fourth-order valence-corrected chi connectivity index (χ4v) is 4.40. The Morgan fingerprint density at radius 1 is 0.840 bits per heavy atom. The summed E-state index contributed by atoms with van der Waals surface area (Å²) >= 11 is 7.08. The molecule has 0 spiro atoms. The van der Waals surface area contributed by atoms with Gasteiger partial charge in [0.25, 0.3) is 5.91 Å². The maximum atomic E-state index is 13.2. The van der Waals surface area contributed by atoms with Crippen LogP contribution < -0.4 is 10.2 Å². The zero-order chi connectivity index (χ0) is 17.4. The van der Waals surface area contributed by atoms with Crippen molar-refractivity contribution in [3.05, 3.63) is 92.9 Å². The van der Waals surface area contributed by atoms with Crippen LogP contribution in [0.4, 0.5) is 11.4 Å². The summed E-state index contributed by atoms with van der Waals surface area (Å²) in [5.74, 6) is -0.0124. The Kier molecular flexibility index (Phi) is 4.36. The van der Waals surface area contributed by atoms with E-state index in [-0.39, 0.29) is 12.1 Å². The average Bonchev–Trinajstić information content (AvgIpc) is 2.61. The Morgan fingerprint density at radius 2 is 1.48 bits per heavy atom. The summed E-state index contributed by atoms with van der Waals surface area (Å²) in [6.45, 7) is 0. The Labute approximate surface area is 162 Å². The van der Waals surface area contributed by atoms with Crippen LogP contribution in [-0.4, -0.2) is 5.91 Å². The van der Waals surface area contributed by atoms with Crippen molar-refractivity contribution in [3.63, 3.8) is 0 Å². The van der Waals surface area contributed by atoms with Crippen molar-refractivity contribution < 1.29 is 4.79 Å². The van der Waals surface area contributed by atoms with Gasteiger partial charge in [0, 0.05) is 20.3 Å². The minimum absolute atomic E-state index is 0.0124. The zero-order valence-electron chi connectivity index (χ0n) is 13.1. The summed E-state index contributed by atoms with van der Waals surface area (Å²) in [7, 11) is 0. The molecule has 4 rings (SSSR count). The van der Waals surface area contributed by atoms with Crippen LogP contribution >= 0.6 is 31.9 Å². The highest BCUT2D eigenvalue weighted by Gasteiger charge is 2.34. The molecule has 0 aliphatic carbocycles. The standard InChI is InChI=1S/C20H14Br2N2O/c21-14-10-13(11-15(22)12-14)19-23-18-9-5-4-8-17(18)20(25)24(19)16-6-2-1-3-7-16/h1-12,19,23H/t19-/m0/s1. The Morgan fingerprint density at radius 3 is 2.20 bits per heavy atom. The number of halogens is 2. The molecule has 5 heteroatoms. The molecular formula is C20H14Br2N2O. The first kappa shape index (κ1) is 16.4. The quantitative estimate of drug-likeness (QED) is 0.513. The molecule has 1 aliphatic heterocycles. The summed E-state index contributed by atoms with van der Waals surface area (Å²) in [6.07, 6.45) is -0.293. The number of hydrogen-bond donors (Lipinski definition) is 1. The summed E-state index contributed by atoms with van der Waals surface area (Å²) in [6, 6.07) is 23.4. The SMILES string of the molecule is O=C1c2ccccc2N[C@H](c2cc(Br)cc(Br)c2)N1c1ccccc1. The number of fused-ring (bicyclic) bond motifs is 1. The lowest BCUT2D eigenvalue weighted by molar-refractivity contribution is 0.0975. The molecule has 1 atom stereocenters. The van der Waals surface area contributed by atoms with Gasteiger partial charge in [0.15, 0.2) is 0 Å². The summed E-state index contributed by atoms with van der Waals surface area (Å²) in [5.41, 5.74) is 3.38. The van der Waals surface area contributed by atoms with E-state index < -0.39 is 0 Å². The van der Waals surface area contributed by atoms with E-state index in [1.807, 2.05) is 72.8 Å². The number of para-hydroxylation sites is 2. The number of benzene rings is 3. The lowest BCUT2D eigenvalue weighted by atomic mass is 10.0. The Hall–Kier alpha value is -2.11. The highest BCUT2D eigenvalue weighted by Crippen LogP contribution is 2.37. The predicted octanol–water partition coefficient (Wildman–Crippen LogP) is 5.98. The first-order valence-electron chi connectivity index (χ1n) is 7.83. The van der Waals surface area contributed by atoms with Gasteiger partial charge >= 0.3 is 0 Å². The van der Waals surface area contributed by atoms with Crippen LogP contribution in [0.5, 0.6) is 0 Å². The van der Waals surface area contributed by atoms with Gasteiger partial charge in [-0.25, -0.2) is 0 Å². The molecule has 0 fully saturated rings. The van der Waals surface area contributed by atoms with E-state index in [1.54, 1.807) is 4.90 Å². The van der Waals surface area contributed by atoms with Gasteiger partial charge in [0.1, 0.15) is 6.17 Å². The normalized spacial score (nSPS) is 16.3. The summed E-state index contributed by atoms with van der Waals surface area (Å²) in [5, 5.41) is 3.51. The van der Waals surface area contributed by atoms with Gasteiger partial charge in [0.2, 0.25) is 0 Å². The molecule has 0 radical (unpaired) electrons. The molecule has 1 aliphatic rings. The number of anilines is 2. The van der Waals surface area contributed by atoms with Gasteiger partial charge < -0.3 is 5.32 Å². The highest BCUT2D eigenvalue weighted by atomic mass is 79.9. The first-order chi connectivity index (χ1) is 12.1. The molecule has 124 valence electrons. The predicted molar refractivity (Wildman–Crippen MR) is 108 cm³/mol.